The van der Waals surface area contributed by atoms with Crippen LogP contribution in [0.5, 0.6) is 0 Å². The average molecular weight is 354 g/mol. The minimum Gasteiger partial charge on any atom is -0.381 e. The number of nitrogens with one attached hydrogen (secondary N) is 1. The van der Waals surface area contributed by atoms with Gasteiger partial charge in [-0.1, -0.05) is 0 Å². The zero-order valence-electron chi connectivity index (χ0n) is 15.0. The number of ether oxygens (including phenoxy) is 1. The number of hydrogen-bond acceptors (Lipinski definition) is 5. The van der Waals surface area contributed by atoms with Gasteiger partial charge in [-0.05, 0) is 56.7 Å². The molecule has 0 amide bonds. The Morgan fingerprint density at radius 1 is 1.00 bits per heavy atom. The minimum absolute atomic E-state index is 0.0153. The molecule has 1 saturated heterocycles. The smallest absolute Gasteiger partial charge is 0.267 e. The van der Waals surface area contributed by atoms with Crippen LogP contribution in [0.2, 0.25) is 0 Å². The fourth-order valence-electron chi connectivity index (χ4n) is 4.04. The van der Waals surface area contributed by atoms with Crippen LogP contribution in [0.3, 0.4) is 0 Å². The van der Waals surface area contributed by atoms with Crippen LogP contribution in [0.15, 0.2) is 41.5 Å². The fraction of sp³-hybridized carbons (Fsp3) is 0.550. The molecular weight excluding hydrogens is 328 g/mol. The van der Waals surface area contributed by atoms with Gasteiger partial charge in [0.25, 0.3) is 5.56 Å². The Hall–Kier alpha value is -2.05. The first kappa shape index (κ1) is 17.4. The lowest BCUT2D eigenvalue weighted by molar-refractivity contribution is 0.0722. The highest BCUT2D eigenvalue weighted by molar-refractivity contribution is 5.56. The van der Waals surface area contributed by atoms with Crippen molar-refractivity contribution in [3.05, 3.63) is 47.0 Å². The molecule has 1 aliphatic heterocycles. The van der Waals surface area contributed by atoms with Gasteiger partial charge >= 0.3 is 0 Å². The molecule has 1 saturated carbocycles. The molecule has 3 heterocycles. The summed E-state index contributed by atoms with van der Waals surface area (Å²) in [6, 6.07) is 8.59. The molecule has 138 valence electrons. The summed E-state index contributed by atoms with van der Waals surface area (Å²) in [4.78, 5) is 16.5. The lowest BCUT2D eigenvalue weighted by Crippen LogP contribution is -2.44. The molecule has 2 aromatic heterocycles. The predicted octanol–water partition coefficient (Wildman–Crippen LogP) is 2.56. The third-order valence-corrected chi connectivity index (χ3v) is 5.52. The fourth-order valence-corrected chi connectivity index (χ4v) is 4.04. The van der Waals surface area contributed by atoms with E-state index >= 15 is 0 Å². The molecule has 0 aromatic carbocycles. The van der Waals surface area contributed by atoms with Crippen molar-refractivity contribution in [3.63, 3.8) is 0 Å². The number of aromatic nitrogens is 3. The van der Waals surface area contributed by atoms with E-state index in [1.807, 2.05) is 12.1 Å². The Kier molecular flexibility index (Phi) is 5.41. The van der Waals surface area contributed by atoms with Gasteiger partial charge in [0.15, 0.2) is 0 Å². The third kappa shape index (κ3) is 4.02. The summed E-state index contributed by atoms with van der Waals surface area (Å²) in [6.07, 6.45) is 9.90. The second-order valence-electron chi connectivity index (χ2n) is 7.30. The zero-order chi connectivity index (χ0) is 17.8. The van der Waals surface area contributed by atoms with E-state index in [0.29, 0.717) is 12.1 Å². The Labute approximate surface area is 153 Å². The average Bonchev–Trinajstić information content (AvgIpc) is 2.71. The molecule has 1 N–H and O–H groups in total. The normalized spacial score (nSPS) is 24.5. The van der Waals surface area contributed by atoms with E-state index in [1.54, 1.807) is 29.2 Å². The van der Waals surface area contributed by atoms with E-state index in [2.05, 4.69) is 15.4 Å². The Morgan fingerprint density at radius 2 is 1.77 bits per heavy atom. The van der Waals surface area contributed by atoms with Crippen LogP contribution in [0.4, 0.5) is 0 Å². The summed E-state index contributed by atoms with van der Waals surface area (Å²) < 4.78 is 7.12. The van der Waals surface area contributed by atoms with Gasteiger partial charge in [0.05, 0.1) is 11.7 Å². The number of hydrogen-bond donors (Lipinski definition) is 1. The second kappa shape index (κ2) is 8.10. The van der Waals surface area contributed by atoms with E-state index < -0.39 is 0 Å². The van der Waals surface area contributed by atoms with E-state index in [9.17, 15) is 4.79 Å². The van der Waals surface area contributed by atoms with Gasteiger partial charge in [-0.25, -0.2) is 4.68 Å². The molecule has 6 heteroatoms. The molecule has 0 unspecified atom stereocenters. The maximum Gasteiger partial charge on any atom is 0.267 e. The molecule has 2 fully saturated rings. The molecule has 0 atom stereocenters. The first-order valence-electron chi connectivity index (χ1n) is 9.63. The molecule has 26 heavy (non-hydrogen) atoms. The minimum atomic E-state index is -0.0153. The van der Waals surface area contributed by atoms with Crippen molar-refractivity contribution in [3.8, 4) is 11.3 Å². The maximum atomic E-state index is 12.4. The monoisotopic (exact) mass is 354 g/mol. The predicted molar refractivity (Wildman–Crippen MR) is 100.0 cm³/mol. The molecule has 1 aliphatic carbocycles. The number of pyridine rings is 1. The van der Waals surface area contributed by atoms with Crippen molar-refractivity contribution < 1.29 is 4.74 Å². The van der Waals surface area contributed by atoms with Crippen molar-refractivity contribution >= 4 is 0 Å². The van der Waals surface area contributed by atoms with Gasteiger partial charge in [0.2, 0.25) is 0 Å². The lowest BCUT2D eigenvalue weighted by Gasteiger charge is -2.33. The van der Waals surface area contributed by atoms with Gasteiger partial charge in [-0.15, -0.1) is 0 Å². The standard InChI is InChI=1S/C20H26N4O2/c25-20-8-7-19(15-2-1-11-21-14-15)23-24(20)18-5-3-16(4-6-18)22-17-9-12-26-13-10-17/h1-2,7-8,11,14,16-18,22H,3-6,9-10,12-13H2. The van der Waals surface area contributed by atoms with Gasteiger partial charge in [0.1, 0.15) is 0 Å². The van der Waals surface area contributed by atoms with Crippen molar-refractivity contribution in [1.82, 2.24) is 20.1 Å². The van der Waals surface area contributed by atoms with Crippen LogP contribution in [0, 0.1) is 0 Å². The highest BCUT2D eigenvalue weighted by atomic mass is 16.5. The van der Waals surface area contributed by atoms with E-state index in [-0.39, 0.29) is 11.6 Å². The Bertz CT molecular complexity index is 763. The SMILES string of the molecule is O=c1ccc(-c2cccnc2)nn1C1CCC(NC2CCOCC2)CC1. The lowest BCUT2D eigenvalue weighted by atomic mass is 9.90. The van der Waals surface area contributed by atoms with Gasteiger partial charge in [0, 0.05) is 49.3 Å². The van der Waals surface area contributed by atoms with E-state index in [4.69, 9.17) is 4.74 Å². The molecule has 2 aliphatic rings. The van der Waals surface area contributed by atoms with Crippen molar-refractivity contribution in [2.45, 2.75) is 56.7 Å². The maximum absolute atomic E-state index is 12.4. The summed E-state index contributed by atoms with van der Waals surface area (Å²) in [6.45, 7) is 1.74. The highest BCUT2D eigenvalue weighted by Gasteiger charge is 2.26. The van der Waals surface area contributed by atoms with Crippen LogP contribution in [0.25, 0.3) is 11.3 Å². The van der Waals surface area contributed by atoms with Gasteiger partial charge in [-0.2, -0.15) is 5.10 Å². The van der Waals surface area contributed by atoms with Gasteiger partial charge < -0.3 is 10.1 Å². The molecule has 0 radical (unpaired) electrons. The summed E-state index contributed by atoms with van der Waals surface area (Å²) in [5, 5.41) is 8.42. The Morgan fingerprint density at radius 3 is 2.50 bits per heavy atom. The van der Waals surface area contributed by atoms with Crippen molar-refractivity contribution in [1.29, 1.82) is 0 Å². The largest absolute Gasteiger partial charge is 0.381 e. The van der Waals surface area contributed by atoms with E-state index in [0.717, 1.165) is 63.0 Å². The highest BCUT2D eigenvalue weighted by Crippen LogP contribution is 2.28. The molecule has 0 bridgehead atoms. The van der Waals surface area contributed by atoms with Crippen LogP contribution < -0.4 is 10.9 Å². The summed E-state index contributed by atoms with van der Waals surface area (Å²) in [7, 11) is 0. The summed E-state index contributed by atoms with van der Waals surface area (Å²) in [5.74, 6) is 0. The topological polar surface area (TPSA) is 69.0 Å². The van der Waals surface area contributed by atoms with Crippen LogP contribution in [-0.4, -0.2) is 40.1 Å². The van der Waals surface area contributed by atoms with Crippen LogP contribution in [-0.2, 0) is 4.74 Å². The third-order valence-electron chi connectivity index (χ3n) is 5.52. The van der Waals surface area contributed by atoms with E-state index in [1.165, 1.54) is 0 Å². The quantitative estimate of drug-likeness (QED) is 0.914. The zero-order valence-corrected chi connectivity index (χ0v) is 15.0. The molecule has 0 spiro atoms. The van der Waals surface area contributed by atoms with Gasteiger partial charge in [-0.3, -0.25) is 9.78 Å². The number of nitrogens with zero attached hydrogens (tertiary/aromatic N) is 3. The van der Waals surface area contributed by atoms with Crippen LogP contribution >= 0.6 is 0 Å². The summed E-state index contributed by atoms with van der Waals surface area (Å²) >= 11 is 0. The van der Waals surface area contributed by atoms with Crippen LogP contribution in [0.1, 0.15) is 44.6 Å². The van der Waals surface area contributed by atoms with Crippen molar-refractivity contribution in [2.24, 2.45) is 0 Å². The summed E-state index contributed by atoms with van der Waals surface area (Å²) in [5.41, 5.74) is 1.73. The molecule has 4 rings (SSSR count). The van der Waals surface area contributed by atoms with Crippen molar-refractivity contribution in [2.75, 3.05) is 13.2 Å². The Balaban J connectivity index is 1.41. The first-order chi connectivity index (χ1) is 12.8. The molecular formula is C20H26N4O2. The molecule has 6 nitrogen and oxygen atoms in total. The molecule has 2 aromatic rings. The number of rotatable bonds is 4. The first-order valence-corrected chi connectivity index (χ1v) is 9.63. The second-order valence-corrected chi connectivity index (χ2v) is 7.30.